The summed E-state index contributed by atoms with van der Waals surface area (Å²) in [5.41, 5.74) is 1.26. The zero-order chi connectivity index (χ0) is 14.8. The van der Waals surface area contributed by atoms with Gasteiger partial charge >= 0.3 is 12.1 Å². The van der Waals surface area contributed by atoms with Crippen molar-refractivity contribution in [3.05, 3.63) is 35.4 Å². The third-order valence-electron chi connectivity index (χ3n) is 2.92. The minimum atomic E-state index is -0.965. The van der Waals surface area contributed by atoms with Gasteiger partial charge < -0.3 is 14.8 Å². The molecule has 0 aliphatic carbocycles. The van der Waals surface area contributed by atoms with E-state index in [2.05, 4.69) is 5.32 Å². The molecular weight excluding hydrogens is 258 g/mol. The lowest BCUT2D eigenvalue weighted by atomic mass is 9.94. The predicted molar refractivity (Wildman–Crippen MR) is 73.2 cm³/mol. The van der Waals surface area contributed by atoms with E-state index in [1.165, 1.54) is 0 Å². The molecule has 0 saturated heterocycles. The van der Waals surface area contributed by atoms with Crippen molar-refractivity contribution < 1.29 is 19.1 Å². The highest BCUT2D eigenvalue weighted by Crippen LogP contribution is 2.24. The minimum absolute atomic E-state index is 0.618. The van der Waals surface area contributed by atoms with Crippen LogP contribution >= 0.6 is 0 Å². The van der Waals surface area contributed by atoms with Crippen molar-refractivity contribution in [2.45, 2.75) is 38.8 Å². The number of carbonyl (C=O) groups is 2. The number of esters is 1. The molecule has 5 nitrogen and oxygen atoms in total. The number of benzene rings is 1. The Kier molecular flexibility index (Phi) is 4.09. The Morgan fingerprint density at radius 3 is 2.65 bits per heavy atom. The van der Waals surface area contributed by atoms with Crippen LogP contribution in [-0.4, -0.2) is 24.3 Å². The predicted octanol–water partition coefficient (Wildman–Crippen LogP) is 2.35. The highest BCUT2D eigenvalue weighted by Gasteiger charge is 2.30. The Balaban J connectivity index is 2.06. The SMILES string of the molecule is CC(C)(C)OC(=O)OC(=O)C1NCCc2ccccc21. The average molecular weight is 277 g/mol. The molecule has 0 spiro atoms. The highest BCUT2D eigenvalue weighted by atomic mass is 16.7. The van der Waals surface area contributed by atoms with Crippen molar-refractivity contribution in [3.8, 4) is 0 Å². The number of hydrogen-bond donors (Lipinski definition) is 1. The summed E-state index contributed by atoms with van der Waals surface area (Å²) in [4.78, 5) is 23.6. The Bertz CT molecular complexity index is 519. The maximum absolute atomic E-state index is 12.1. The topological polar surface area (TPSA) is 64.6 Å². The quantitative estimate of drug-likeness (QED) is 0.630. The van der Waals surface area contributed by atoms with Gasteiger partial charge in [-0.1, -0.05) is 24.3 Å². The molecule has 0 amide bonds. The fourth-order valence-electron chi connectivity index (χ4n) is 2.13. The molecule has 0 bridgehead atoms. The Hall–Kier alpha value is -1.88. The Morgan fingerprint density at radius 2 is 1.95 bits per heavy atom. The van der Waals surface area contributed by atoms with Crippen LogP contribution in [0.25, 0.3) is 0 Å². The molecule has 1 atom stereocenters. The minimum Gasteiger partial charge on any atom is -0.428 e. The van der Waals surface area contributed by atoms with E-state index in [-0.39, 0.29) is 0 Å². The van der Waals surface area contributed by atoms with Crippen molar-refractivity contribution in [1.82, 2.24) is 5.32 Å². The van der Waals surface area contributed by atoms with Gasteiger partial charge in [-0.05, 0) is 38.3 Å². The van der Waals surface area contributed by atoms with Gasteiger partial charge in [-0.3, -0.25) is 0 Å². The first-order valence-electron chi connectivity index (χ1n) is 6.63. The fraction of sp³-hybridized carbons (Fsp3) is 0.467. The molecule has 0 saturated carbocycles. The first kappa shape index (κ1) is 14.5. The van der Waals surface area contributed by atoms with E-state index in [1.807, 2.05) is 24.3 Å². The second-order valence-electron chi connectivity index (χ2n) is 5.72. The second kappa shape index (κ2) is 5.63. The number of carbonyl (C=O) groups excluding carboxylic acids is 2. The molecular formula is C15H19NO4. The Labute approximate surface area is 118 Å². The number of rotatable bonds is 1. The van der Waals surface area contributed by atoms with Gasteiger partial charge in [-0.2, -0.15) is 0 Å². The largest absolute Gasteiger partial charge is 0.516 e. The van der Waals surface area contributed by atoms with Gasteiger partial charge in [0.25, 0.3) is 0 Å². The number of ether oxygens (including phenoxy) is 2. The van der Waals surface area contributed by atoms with Gasteiger partial charge in [0.05, 0.1) is 0 Å². The molecule has 0 fully saturated rings. The molecule has 1 N–H and O–H groups in total. The summed E-state index contributed by atoms with van der Waals surface area (Å²) in [6.45, 7) is 5.82. The van der Waals surface area contributed by atoms with Gasteiger partial charge in [0.15, 0.2) is 0 Å². The van der Waals surface area contributed by atoms with Gasteiger partial charge in [0, 0.05) is 6.54 Å². The summed E-state index contributed by atoms with van der Waals surface area (Å²) in [6, 6.07) is 7.01. The summed E-state index contributed by atoms with van der Waals surface area (Å²) >= 11 is 0. The van der Waals surface area contributed by atoms with E-state index in [0.29, 0.717) is 6.54 Å². The summed E-state index contributed by atoms with van der Waals surface area (Å²) in [6.07, 6.45) is -0.112. The van der Waals surface area contributed by atoms with E-state index in [9.17, 15) is 9.59 Å². The molecule has 1 unspecified atom stereocenters. The van der Waals surface area contributed by atoms with Crippen LogP contribution in [0, 0.1) is 0 Å². The molecule has 1 heterocycles. The first-order chi connectivity index (χ1) is 9.37. The second-order valence-corrected chi connectivity index (χ2v) is 5.72. The molecule has 20 heavy (non-hydrogen) atoms. The van der Waals surface area contributed by atoms with E-state index < -0.39 is 23.8 Å². The van der Waals surface area contributed by atoms with Crippen LogP contribution in [-0.2, 0) is 20.7 Å². The van der Waals surface area contributed by atoms with Crippen LogP contribution in [0.3, 0.4) is 0 Å². The molecule has 1 aliphatic rings. The van der Waals surface area contributed by atoms with Gasteiger partial charge in [-0.15, -0.1) is 0 Å². The number of nitrogens with one attached hydrogen (secondary N) is 1. The summed E-state index contributed by atoms with van der Waals surface area (Å²) in [5, 5.41) is 3.06. The lowest BCUT2D eigenvalue weighted by Gasteiger charge is -2.25. The summed E-state index contributed by atoms with van der Waals surface area (Å²) < 4.78 is 9.74. The van der Waals surface area contributed by atoms with Crippen LogP contribution < -0.4 is 5.32 Å². The van der Waals surface area contributed by atoms with Crippen molar-refractivity contribution >= 4 is 12.1 Å². The van der Waals surface area contributed by atoms with Gasteiger partial charge in [0.2, 0.25) is 0 Å². The molecule has 0 aromatic heterocycles. The monoisotopic (exact) mass is 277 g/mol. The third-order valence-corrected chi connectivity index (χ3v) is 2.92. The molecule has 1 aliphatic heterocycles. The fourth-order valence-corrected chi connectivity index (χ4v) is 2.13. The standard InChI is InChI=1S/C15H19NO4/c1-15(2,3)20-14(18)19-13(17)12-11-7-5-4-6-10(11)8-9-16-12/h4-7,12,16H,8-9H2,1-3H3. The van der Waals surface area contributed by atoms with Crippen LogP contribution in [0.1, 0.15) is 37.9 Å². The molecule has 1 aromatic carbocycles. The number of hydrogen-bond acceptors (Lipinski definition) is 5. The zero-order valence-electron chi connectivity index (χ0n) is 11.9. The normalized spacial score (nSPS) is 18.1. The lowest BCUT2D eigenvalue weighted by molar-refractivity contribution is -0.144. The molecule has 5 heteroatoms. The first-order valence-corrected chi connectivity index (χ1v) is 6.63. The van der Waals surface area contributed by atoms with Crippen LogP contribution in [0.15, 0.2) is 24.3 Å². The zero-order valence-corrected chi connectivity index (χ0v) is 11.9. The lowest BCUT2D eigenvalue weighted by Crippen LogP contribution is -2.37. The van der Waals surface area contributed by atoms with Crippen LogP contribution in [0.5, 0.6) is 0 Å². The smallest absolute Gasteiger partial charge is 0.428 e. The van der Waals surface area contributed by atoms with Crippen molar-refractivity contribution in [2.24, 2.45) is 0 Å². The highest BCUT2D eigenvalue weighted by molar-refractivity contribution is 5.87. The molecule has 1 aromatic rings. The third kappa shape index (κ3) is 3.57. The molecule has 0 radical (unpaired) electrons. The summed E-state index contributed by atoms with van der Waals surface area (Å²) in [5.74, 6) is -0.633. The van der Waals surface area contributed by atoms with Crippen molar-refractivity contribution in [2.75, 3.05) is 6.54 Å². The maximum Gasteiger partial charge on any atom is 0.516 e. The van der Waals surface area contributed by atoms with Crippen LogP contribution in [0.4, 0.5) is 4.79 Å². The van der Waals surface area contributed by atoms with Crippen molar-refractivity contribution in [3.63, 3.8) is 0 Å². The van der Waals surface area contributed by atoms with E-state index in [0.717, 1.165) is 17.5 Å². The van der Waals surface area contributed by atoms with Crippen LogP contribution in [0.2, 0.25) is 0 Å². The average Bonchev–Trinajstić information content (AvgIpc) is 2.35. The van der Waals surface area contributed by atoms with Gasteiger partial charge in [-0.25, -0.2) is 9.59 Å². The van der Waals surface area contributed by atoms with E-state index in [1.54, 1.807) is 20.8 Å². The van der Waals surface area contributed by atoms with E-state index >= 15 is 0 Å². The Morgan fingerprint density at radius 1 is 1.25 bits per heavy atom. The summed E-state index contributed by atoms with van der Waals surface area (Å²) in [7, 11) is 0. The van der Waals surface area contributed by atoms with Gasteiger partial charge in [0.1, 0.15) is 11.6 Å². The molecule has 2 rings (SSSR count). The van der Waals surface area contributed by atoms with Crippen molar-refractivity contribution in [1.29, 1.82) is 0 Å². The maximum atomic E-state index is 12.1. The van der Waals surface area contributed by atoms with E-state index in [4.69, 9.17) is 9.47 Å². The number of fused-ring (bicyclic) bond motifs is 1. The molecule has 108 valence electrons.